The van der Waals surface area contributed by atoms with Gasteiger partial charge in [-0.2, -0.15) is 12.6 Å². The fraction of sp³-hybridized carbons (Fsp3) is 0.688. The standard InChI is InChI=1S/C16H26N4O3S/c1-10-7-18-12(9-19(10)15(22)23-16(2,3)4)13(6-17)20-8-11(24)5-14(20)21/h6,10-11,24H,5,7-9,17H2,1-4H3/t10-,11?/m0/s1. The summed E-state index contributed by atoms with van der Waals surface area (Å²) < 4.78 is 5.46. The van der Waals surface area contributed by atoms with E-state index in [1.807, 2.05) is 27.7 Å². The van der Waals surface area contributed by atoms with E-state index in [-0.39, 0.29) is 23.7 Å². The lowest BCUT2D eigenvalue weighted by atomic mass is 10.1. The third kappa shape index (κ3) is 4.23. The van der Waals surface area contributed by atoms with Crippen LogP contribution < -0.4 is 5.73 Å². The number of carbonyl (C=O) groups excluding carboxylic acids is 2. The second-order valence-corrected chi connectivity index (χ2v) is 7.89. The highest BCUT2D eigenvalue weighted by molar-refractivity contribution is 7.81. The molecule has 134 valence electrons. The van der Waals surface area contributed by atoms with Crippen LogP contribution in [-0.4, -0.2) is 64.0 Å². The Morgan fingerprint density at radius 1 is 1.46 bits per heavy atom. The SMILES string of the molecule is C[C@H]1CN=C(C(=CN)N2CC(S)CC2=O)CN1C(=O)OC(C)(C)C. The zero-order valence-electron chi connectivity index (χ0n) is 14.7. The van der Waals surface area contributed by atoms with E-state index >= 15 is 0 Å². The Morgan fingerprint density at radius 3 is 2.62 bits per heavy atom. The number of likely N-dealkylation sites (tertiary alicyclic amines) is 1. The molecule has 24 heavy (non-hydrogen) atoms. The molecule has 0 bridgehead atoms. The summed E-state index contributed by atoms with van der Waals surface area (Å²) in [7, 11) is 0. The highest BCUT2D eigenvalue weighted by Gasteiger charge is 2.35. The zero-order valence-corrected chi connectivity index (χ0v) is 15.5. The topological polar surface area (TPSA) is 88.2 Å². The second-order valence-electron chi connectivity index (χ2n) is 7.16. The molecule has 2 aliphatic rings. The molecule has 0 aromatic rings. The second kappa shape index (κ2) is 7.04. The molecule has 1 saturated heterocycles. The Hall–Kier alpha value is -1.70. The van der Waals surface area contributed by atoms with Crippen molar-refractivity contribution >= 4 is 30.3 Å². The summed E-state index contributed by atoms with van der Waals surface area (Å²) in [6, 6.07) is -0.0745. The molecule has 2 N–H and O–H groups in total. The van der Waals surface area contributed by atoms with Crippen LogP contribution >= 0.6 is 12.6 Å². The first-order chi connectivity index (χ1) is 11.1. The van der Waals surface area contributed by atoms with E-state index in [4.69, 9.17) is 10.5 Å². The van der Waals surface area contributed by atoms with Crippen LogP contribution in [0.25, 0.3) is 0 Å². The molecule has 0 aromatic carbocycles. The van der Waals surface area contributed by atoms with Crippen LogP contribution in [0, 0.1) is 0 Å². The average molecular weight is 354 g/mol. The van der Waals surface area contributed by atoms with Crippen molar-refractivity contribution in [2.24, 2.45) is 10.7 Å². The first-order valence-electron chi connectivity index (χ1n) is 8.06. The molecule has 0 aromatic heterocycles. The van der Waals surface area contributed by atoms with Gasteiger partial charge in [-0.05, 0) is 27.7 Å². The van der Waals surface area contributed by atoms with Crippen molar-refractivity contribution < 1.29 is 14.3 Å². The molecular formula is C16H26N4O3S. The molecule has 8 heteroatoms. The summed E-state index contributed by atoms with van der Waals surface area (Å²) in [6.45, 7) is 8.60. The van der Waals surface area contributed by atoms with Gasteiger partial charge in [0.2, 0.25) is 5.91 Å². The molecule has 2 aliphatic heterocycles. The smallest absolute Gasteiger partial charge is 0.410 e. The van der Waals surface area contributed by atoms with Gasteiger partial charge in [-0.1, -0.05) is 0 Å². The minimum Gasteiger partial charge on any atom is -0.444 e. The van der Waals surface area contributed by atoms with E-state index in [1.165, 1.54) is 6.20 Å². The van der Waals surface area contributed by atoms with E-state index in [2.05, 4.69) is 17.6 Å². The number of nitrogens with zero attached hydrogens (tertiary/aromatic N) is 3. The Morgan fingerprint density at radius 2 is 2.12 bits per heavy atom. The van der Waals surface area contributed by atoms with Crippen molar-refractivity contribution in [2.75, 3.05) is 19.6 Å². The number of carbonyl (C=O) groups is 2. The number of aliphatic imine (C=N–C) groups is 1. The quantitative estimate of drug-likeness (QED) is 0.734. The minimum atomic E-state index is -0.567. The molecule has 1 fully saturated rings. The van der Waals surface area contributed by atoms with E-state index in [1.54, 1.807) is 9.80 Å². The first-order valence-corrected chi connectivity index (χ1v) is 8.57. The van der Waals surface area contributed by atoms with Gasteiger partial charge in [0, 0.05) is 24.4 Å². The van der Waals surface area contributed by atoms with Crippen LogP contribution in [0.5, 0.6) is 0 Å². The Balaban J connectivity index is 2.16. The molecule has 2 atom stereocenters. The molecule has 1 unspecified atom stereocenters. The van der Waals surface area contributed by atoms with Gasteiger partial charge in [-0.25, -0.2) is 4.79 Å². The average Bonchev–Trinajstić information content (AvgIpc) is 2.78. The number of thiol groups is 1. The van der Waals surface area contributed by atoms with Crippen molar-refractivity contribution in [3.8, 4) is 0 Å². The van der Waals surface area contributed by atoms with Crippen LogP contribution in [0.4, 0.5) is 4.79 Å². The van der Waals surface area contributed by atoms with Crippen LogP contribution in [0.3, 0.4) is 0 Å². The van der Waals surface area contributed by atoms with Crippen molar-refractivity contribution in [1.82, 2.24) is 9.80 Å². The highest BCUT2D eigenvalue weighted by atomic mass is 32.1. The molecule has 0 saturated carbocycles. The number of amides is 2. The third-order valence-electron chi connectivity index (χ3n) is 3.88. The Kier molecular flexibility index (Phi) is 5.47. The summed E-state index contributed by atoms with van der Waals surface area (Å²) >= 11 is 4.36. The largest absolute Gasteiger partial charge is 0.444 e. The van der Waals surface area contributed by atoms with Crippen LogP contribution in [0.15, 0.2) is 16.9 Å². The molecular weight excluding hydrogens is 328 g/mol. The van der Waals surface area contributed by atoms with Gasteiger partial charge in [0.25, 0.3) is 0 Å². The molecule has 2 amide bonds. The van der Waals surface area contributed by atoms with Crippen LogP contribution in [0.2, 0.25) is 0 Å². The normalized spacial score (nSPS) is 25.8. The highest BCUT2D eigenvalue weighted by Crippen LogP contribution is 2.23. The fourth-order valence-corrected chi connectivity index (χ4v) is 3.02. The molecule has 0 aliphatic carbocycles. The fourth-order valence-electron chi connectivity index (χ4n) is 2.70. The van der Waals surface area contributed by atoms with Crippen LogP contribution in [-0.2, 0) is 9.53 Å². The van der Waals surface area contributed by atoms with Gasteiger partial charge in [-0.3, -0.25) is 14.7 Å². The number of hydrogen-bond acceptors (Lipinski definition) is 6. The van der Waals surface area contributed by atoms with Crippen molar-refractivity contribution in [3.05, 3.63) is 11.9 Å². The number of hydrogen-bond donors (Lipinski definition) is 2. The van der Waals surface area contributed by atoms with E-state index < -0.39 is 11.7 Å². The summed E-state index contributed by atoms with van der Waals surface area (Å²) in [5, 5.41) is -0.0162. The predicted molar refractivity (Wildman–Crippen MR) is 96.1 cm³/mol. The molecule has 0 spiro atoms. The maximum atomic E-state index is 12.4. The number of nitrogens with two attached hydrogens (primary N) is 1. The monoisotopic (exact) mass is 354 g/mol. The van der Waals surface area contributed by atoms with Crippen molar-refractivity contribution in [1.29, 1.82) is 0 Å². The van der Waals surface area contributed by atoms with Gasteiger partial charge < -0.3 is 15.4 Å². The molecule has 2 heterocycles. The number of rotatable bonds is 2. The number of ether oxygens (including phenoxy) is 1. The predicted octanol–water partition coefficient (Wildman–Crippen LogP) is 1.40. The summed E-state index contributed by atoms with van der Waals surface area (Å²) in [4.78, 5) is 32.3. The molecule has 2 rings (SSSR count). The molecule has 7 nitrogen and oxygen atoms in total. The van der Waals surface area contributed by atoms with Crippen LogP contribution in [0.1, 0.15) is 34.1 Å². The third-order valence-corrected chi connectivity index (χ3v) is 4.22. The van der Waals surface area contributed by atoms with E-state index in [9.17, 15) is 9.59 Å². The van der Waals surface area contributed by atoms with Gasteiger partial charge in [0.05, 0.1) is 30.5 Å². The lowest BCUT2D eigenvalue weighted by Crippen LogP contribution is -2.50. The summed E-state index contributed by atoms with van der Waals surface area (Å²) in [6.07, 6.45) is 1.37. The summed E-state index contributed by atoms with van der Waals surface area (Å²) in [5.41, 5.74) is 6.36. The van der Waals surface area contributed by atoms with E-state index in [0.717, 1.165) is 0 Å². The lowest BCUT2D eigenvalue weighted by Gasteiger charge is -2.35. The van der Waals surface area contributed by atoms with Gasteiger partial charge in [0.1, 0.15) is 5.60 Å². The zero-order chi connectivity index (χ0) is 18.1. The maximum Gasteiger partial charge on any atom is 0.410 e. The Bertz CT molecular complexity index is 582. The Labute approximate surface area is 148 Å². The van der Waals surface area contributed by atoms with E-state index in [0.29, 0.717) is 30.9 Å². The maximum absolute atomic E-state index is 12.4. The van der Waals surface area contributed by atoms with Gasteiger partial charge >= 0.3 is 6.09 Å². The summed E-state index contributed by atoms with van der Waals surface area (Å²) in [5.74, 6) is -0.0307. The minimum absolute atomic E-state index is 0.0162. The first kappa shape index (κ1) is 18.6. The van der Waals surface area contributed by atoms with Crippen molar-refractivity contribution in [2.45, 2.75) is 51.0 Å². The van der Waals surface area contributed by atoms with Crippen molar-refractivity contribution in [3.63, 3.8) is 0 Å². The lowest BCUT2D eigenvalue weighted by molar-refractivity contribution is -0.125. The molecule has 0 radical (unpaired) electrons. The van der Waals surface area contributed by atoms with Gasteiger partial charge in [0.15, 0.2) is 0 Å². The van der Waals surface area contributed by atoms with Gasteiger partial charge in [-0.15, -0.1) is 0 Å².